The van der Waals surface area contributed by atoms with Gasteiger partial charge in [-0.25, -0.2) is 0 Å². The topological polar surface area (TPSA) is 54.4 Å². The molecule has 0 fully saturated rings. The van der Waals surface area contributed by atoms with Gasteiger partial charge in [0.25, 0.3) is 10.1 Å². The van der Waals surface area contributed by atoms with Crippen molar-refractivity contribution in [3.05, 3.63) is 48.0 Å². The highest BCUT2D eigenvalue weighted by Gasteiger charge is 2.08. The average Bonchev–Trinajstić information content (AvgIpc) is 2.16. The lowest BCUT2D eigenvalue weighted by Crippen LogP contribution is -2.01. The fourth-order valence-electron chi connectivity index (χ4n) is 1.61. The Morgan fingerprint density at radius 3 is 2.40 bits per heavy atom. The van der Waals surface area contributed by atoms with Crippen molar-refractivity contribution in [2.75, 3.05) is 0 Å². The molecule has 0 bridgehead atoms. The molecule has 0 amide bonds. The fourth-order valence-corrected chi connectivity index (χ4v) is 2.26. The predicted octanol–water partition coefficient (Wildman–Crippen LogP) is 2.23. The van der Waals surface area contributed by atoms with E-state index < -0.39 is 10.1 Å². The summed E-state index contributed by atoms with van der Waals surface area (Å²) >= 11 is 0. The quantitative estimate of drug-likeness (QED) is 0.793. The van der Waals surface area contributed by atoms with E-state index in [9.17, 15) is 8.42 Å². The highest BCUT2D eigenvalue weighted by Crippen LogP contribution is 2.19. The molecule has 0 aliphatic rings. The maximum Gasteiger partial charge on any atom is 0.269 e. The summed E-state index contributed by atoms with van der Waals surface area (Å²) in [6, 6.07) is 12.9. The maximum absolute atomic E-state index is 10.8. The van der Waals surface area contributed by atoms with E-state index in [2.05, 4.69) is 0 Å². The Labute approximate surface area is 88.1 Å². The third-order valence-electron chi connectivity index (χ3n) is 2.22. The van der Waals surface area contributed by atoms with Crippen LogP contribution in [0.3, 0.4) is 0 Å². The van der Waals surface area contributed by atoms with Gasteiger partial charge in [-0.15, -0.1) is 0 Å². The first kappa shape index (κ1) is 10.1. The molecule has 78 valence electrons. The second-order valence-electron chi connectivity index (χ2n) is 3.36. The lowest BCUT2D eigenvalue weighted by Gasteiger charge is -2.03. The van der Waals surface area contributed by atoms with Crippen LogP contribution < -0.4 is 0 Å². The van der Waals surface area contributed by atoms with Crippen molar-refractivity contribution in [2.24, 2.45) is 0 Å². The molecule has 0 spiro atoms. The first-order chi connectivity index (χ1) is 7.06. The molecule has 0 unspecified atom stereocenters. The minimum Gasteiger partial charge on any atom is -0.285 e. The normalized spacial score (nSPS) is 11.8. The van der Waals surface area contributed by atoms with E-state index in [-0.39, 0.29) is 5.75 Å². The number of rotatable bonds is 2. The van der Waals surface area contributed by atoms with Crippen molar-refractivity contribution in [1.82, 2.24) is 0 Å². The molecule has 0 aliphatic carbocycles. The van der Waals surface area contributed by atoms with E-state index in [1.807, 2.05) is 30.3 Å². The largest absolute Gasteiger partial charge is 0.285 e. The second kappa shape index (κ2) is 3.64. The van der Waals surface area contributed by atoms with Crippen molar-refractivity contribution in [3.63, 3.8) is 0 Å². The summed E-state index contributed by atoms with van der Waals surface area (Å²) < 4.78 is 30.4. The van der Waals surface area contributed by atoms with Crippen LogP contribution in [0.5, 0.6) is 0 Å². The molecule has 2 rings (SSSR count). The van der Waals surface area contributed by atoms with Crippen molar-refractivity contribution in [2.45, 2.75) is 5.75 Å². The number of hydrogen-bond donors (Lipinski definition) is 1. The molecule has 1 N–H and O–H groups in total. The summed E-state index contributed by atoms with van der Waals surface area (Å²) in [5.74, 6) is -0.339. The number of benzene rings is 2. The Balaban J connectivity index is 2.61. The molecule has 0 aliphatic heterocycles. The van der Waals surface area contributed by atoms with Gasteiger partial charge in [0, 0.05) is 0 Å². The van der Waals surface area contributed by atoms with E-state index in [1.165, 1.54) is 0 Å². The van der Waals surface area contributed by atoms with E-state index in [1.54, 1.807) is 12.1 Å². The Hall–Kier alpha value is -1.39. The van der Waals surface area contributed by atoms with Gasteiger partial charge in [0.05, 0.1) is 0 Å². The molecule has 0 heterocycles. The maximum atomic E-state index is 10.8. The first-order valence-corrected chi connectivity index (χ1v) is 6.09. The standard InChI is InChI=1S/C11H10O3S/c12-15(13,14)8-10-6-3-5-9-4-1-2-7-11(9)10/h1-7H,8H2,(H,12,13,14). The lowest BCUT2D eigenvalue weighted by atomic mass is 10.1. The minimum absolute atomic E-state index is 0.339. The molecule has 0 aromatic heterocycles. The van der Waals surface area contributed by atoms with Crippen LogP contribution >= 0.6 is 0 Å². The average molecular weight is 222 g/mol. The molecule has 0 radical (unpaired) electrons. The Kier molecular flexibility index (Phi) is 2.46. The molecule has 0 saturated carbocycles. The van der Waals surface area contributed by atoms with Crippen molar-refractivity contribution in [1.29, 1.82) is 0 Å². The van der Waals surface area contributed by atoms with Gasteiger partial charge in [-0.2, -0.15) is 8.42 Å². The van der Waals surface area contributed by atoms with E-state index >= 15 is 0 Å². The van der Waals surface area contributed by atoms with Gasteiger partial charge in [-0.3, -0.25) is 4.55 Å². The fraction of sp³-hybridized carbons (Fsp3) is 0.0909. The minimum atomic E-state index is -3.97. The zero-order valence-electron chi connectivity index (χ0n) is 7.92. The molecule has 3 nitrogen and oxygen atoms in total. The van der Waals surface area contributed by atoms with Gasteiger partial charge < -0.3 is 0 Å². The molecular weight excluding hydrogens is 212 g/mol. The highest BCUT2D eigenvalue weighted by molar-refractivity contribution is 7.85. The summed E-state index contributed by atoms with van der Waals surface area (Å²) in [5, 5.41) is 1.83. The van der Waals surface area contributed by atoms with Crippen molar-refractivity contribution < 1.29 is 13.0 Å². The van der Waals surface area contributed by atoms with E-state index in [0.29, 0.717) is 5.56 Å². The molecule has 0 atom stereocenters. The Bertz CT molecular complexity index is 582. The first-order valence-electron chi connectivity index (χ1n) is 4.48. The summed E-state index contributed by atoms with van der Waals surface area (Å²) in [6.45, 7) is 0. The number of fused-ring (bicyclic) bond motifs is 1. The highest BCUT2D eigenvalue weighted by atomic mass is 32.2. The van der Waals surface area contributed by atoms with Crippen molar-refractivity contribution in [3.8, 4) is 0 Å². The van der Waals surface area contributed by atoms with Crippen LogP contribution in [0.1, 0.15) is 5.56 Å². The second-order valence-corrected chi connectivity index (χ2v) is 4.82. The molecule has 2 aromatic carbocycles. The molecular formula is C11H10O3S. The van der Waals surface area contributed by atoms with Crippen LogP contribution in [0, 0.1) is 0 Å². The predicted molar refractivity (Wildman–Crippen MR) is 59.2 cm³/mol. The SMILES string of the molecule is O=S(=O)(O)Cc1cccc2ccccc12. The van der Waals surface area contributed by atoms with E-state index in [4.69, 9.17) is 4.55 Å². The zero-order valence-corrected chi connectivity index (χ0v) is 8.74. The van der Waals surface area contributed by atoms with Gasteiger partial charge in [0.1, 0.15) is 5.75 Å². The van der Waals surface area contributed by atoms with Crippen LogP contribution in [-0.4, -0.2) is 13.0 Å². The summed E-state index contributed by atoms with van der Waals surface area (Å²) in [6.07, 6.45) is 0. The molecule has 15 heavy (non-hydrogen) atoms. The van der Waals surface area contributed by atoms with Crippen LogP contribution in [0.15, 0.2) is 42.5 Å². The van der Waals surface area contributed by atoms with Crippen LogP contribution in [-0.2, 0) is 15.9 Å². The van der Waals surface area contributed by atoms with Gasteiger partial charge in [-0.05, 0) is 16.3 Å². The molecule has 0 saturated heterocycles. The smallest absolute Gasteiger partial charge is 0.269 e. The number of hydrogen-bond acceptors (Lipinski definition) is 2. The van der Waals surface area contributed by atoms with Gasteiger partial charge in [-0.1, -0.05) is 42.5 Å². The molecule has 4 heteroatoms. The van der Waals surface area contributed by atoms with Crippen LogP contribution in [0.4, 0.5) is 0 Å². The monoisotopic (exact) mass is 222 g/mol. The Morgan fingerprint density at radius 2 is 1.67 bits per heavy atom. The van der Waals surface area contributed by atoms with Gasteiger partial charge in [0.15, 0.2) is 0 Å². The van der Waals surface area contributed by atoms with Crippen molar-refractivity contribution >= 4 is 20.9 Å². The van der Waals surface area contributed by atoms with Crippen LogP contribution in [0.25, 0.3) is 10.8 Å². The third kappa shape index (κ3) is 2.34. The van der Waals surface area contributed by atoms with Gasteiger partial charge in [0.2, 0.25) is 0 Å². The Morgan fingerprint density at radius 1 is 1.00 bits per heavy atom. The van der Waals surface area contributed by atoms with E-state index in [0.717, 1.165) is 10.8 Å². The van der Waals surface area contributed by atoms with Gasteiger partial charge >= 0.3 is 0 Å². The third-order valence-corrected chi connectivity index (χ3v) is 2.89. The summed E-state index contributed by atoms with van der Waals surface area (Å²) in [4.78, 5) is 0. The van der Waals surface area contributed by atoms with Crippen LogP contribution in [0.2, 0.25) is 0 Å². The summed E-state index contributed by atoms with van der Waals surface area (Å²) in [7, 11) is -3.97. The summed E-state index contributed by atoms with van der Waals surface area (Å²) in [5.41, 5.74) is 0.621. The zero-order chi connectivity index (χ0) is 10.9. The lowest BCUT2D eigenvalue weighted by molar-refractivity contribution is 0.482. The molecule has 2 aromatic rings.